The van der Waals surface area contributed by atoms with Crippen molar-refractivity contribution in [1.29, 1.82) is 0 Å². The molecule has 1 aliphatic rings. The lowest BCUT2D eigenvalue weighted by Gasteiger charge is -2.17. The fourth-order valence-corrected chi connectivity index (χ4v) is 5.21. The molecule has 0 bridgehead atoms. The summed E-state index contributed by atoms with van der Waals surface area (Å²) in [6.45, 7) is 2.25. The molecule has 26 heavy (non-hydrogen) atoms. The maximum Gasteiger partial charge on any atom is 0.262 e. The van der Waals surface area contributed by atoms with E-state index in [9.17, 15) is 13.2 Å². The van der Waals surface area contributed by atoms with Crippen molar-refractivity contribution in [3.05, 3.63) is 45.1 Å². The number of halogens is 1. The summed E-state index contributed by atoms with van der Waals surface area (Å²) in [4.78, 5) is 13.9. The van der Waals surface area contributed by atoms with Crippen molar-refractivity contribution < 1.29 is 13.2 Å². The largest absolute Gasteiger partial charge is 0.345 e. The van der Waals surface area contributed by atoms with Gasteiger partial charge < -0.3 is 4.90 Å². The van der Waals surface area contributed by atoms with Gasteiger partial charge >= 0.3 is 0 Å². The molecule has 0 spiro atoms. The molecule has 5 nitrogen and oxygen atoms in total. The Kier molecular flexibility index (Phi) is 5.60. The first-order valence-electron chi connectivity index (χ1n) is 8.37. The highest BCUT2D eigenvalue weighted by atomic mass is 35.5. The summed E-state index contributed by atoms with van der Waals surface area (Å²) < 4.78 is 28.1. The van der Waals surface area contributed by atoms with Gasteiger partial charge in [0.25, 0.3) is 10.0 Å². The lowest BCUT2D eigenvalue weighted by molar-refractivity contribution is -0.131. The summed E-state index contributed by atoms with van der Waals surface area (Å²) >= 11 is 7.48. The second kappa shape index (κ2) is 7.58. The van der Waals surface area contributed by atoms with Crippen LogP contribution in [0.3, 0.4) is 0 Å². The van der Waals surface area contributed by atoms with Gasteiger partial charge in [-0.15, -0.1) is 11.3 Å². The number of carbonyl (C=O) groups excluding carboxylic acids is 1. The van der Waals surface area contributed by atoms with E-state index in [4.69, 9.17) is 11.6 Å². The number of nitrogens with one attached hydrogen (secondary N) is 1. The van der Waals surface area contributed by atoms with Crippen LogP contribution in [0.5, 0.6) is 0 Å². The molecule has 0 atom stereocenters. The Morgan fingerprint density at radius 2 is 2.08 bits per heavy atom. The molecule has 1 fully saturated rings. The molecule has 1 amide bonds. The van der Waals surface area contributed by atoms with E-state index in [1.807, 2.05) is 5.38 Å². The Hall–Kier alpha value is -1.57. The van der Waals surface area contributed by atoms with Crippen LogP contribution in [0.4, 0.5) is 5.69 Å². The molecule has 1 saturated carbocycles. The van der Waals surface area contributed by atoms with Gasteiger partial charge in [0.05, 0.1) is 10.6 Å². The quantitative estimate of drug-likeness (QED) is 0.749. The van der Waals surface area contributed by atoms with Gasteiger partial charge in [0.2, 0.25) is 5.91 Å². The Morgan fingerprint density at radius 3 is 2.77 bits per heavy atom. The maximum atomic E-state index is 12.7. The second-order valence-electron chi connectivity index (χ2n) is 6.56. The summed E-state index contributed by atoms with van der Waals surface area (Å²) in [6.07, 6.45) is 2.56. The number of rotatable bonds is 7. The minimum atomic E-state index is -3.73. The van der Waals surface area contributed by atoms with Gasteiger partial charge in [-0.25, -0.2) is 8.42 Å². The molecular formula is C18H21ClN2O3S2. The molecule has 140 valence electrons. The summed E-state index contributed by atoms with van der Waals surface area (Å²) in [5, 5.41) is 4.10. The standard InChI is InChI=1S/C18H21ClN2O3S2/c1-12-15(19)4-3-5-17(12)26(23,24)20-16-11-25-10-14(16)8-9-21(2)18(22)13-6-7-13/h3-5,10-11,13,20H,6-9H2,1-2H3. The van der Waals surface area contributed by atoms with Gasteiger partial charge in [-0.1, -0.05) is 17.7 Å². The third kappa shape index (κ3) is 4.22. The lowest BCUT2D eigenvalue weighted by Crippen LogP contribution is -2.30. The van der Waals surface area contributed by atoms with Crippen LogP contribution >= 0.6 is 22.9 Å². The van der Waals surface area contributed by atoms with E-state index in [-0.39, 0.29) is 16.7 Å². The molecule has 1 aromatic heterocycles. The zero-order valence-electron chi connectivity index (χ0n) is 14.7. The molecule has 1 aromatic carbocycles. The molecule has 1 N–H and O–H groups in total. The maximum absolute atomic E-state index is 12.7. The van der Waals surface area contributed by atoms with Crippen molar-refractivity contribution in [1.82, 2.24) is 4.90 Å². The predicted octanol–water partition coefficient (Wildman–Crippen LogP) is 3.92. The number of nitrogens with zero attached hydrogens (tertiary/aromatic N) is 1. The van der Waals surface area contributed by atoms with Crippen LogP contribution in [-0.2, 0) is 21.2 Å². The molecule has 0 radical (unpaired) electrons. The van der Waals surface area contributed by atoms with E-state index in [2.05, 4.69) is 4.72 Å². The van der Waals surface area contributed by atoms with Crippen LogP contribution in [0.15, 0.2) is 33.9 Å². The van der Waals surface area contributed by atoms with E-state index in [0.29, 0.717) is 29.2 Å². The van der Waals surface area contributed by atoms with Crippen LogP contribution in [0, 0.1) is 12.8 Å². The number of likely N-dealkylation sites (N-methyl/N-ethyl adjacent to an activating group) is 1. The number of benzene rings is 1. The number of hydrogen-bond acceptors (Lipinski definition) is 4. The molecule has 0 saturated heterocycles. The Balaban J connectivity index is 1.72. The zero-order valence-corrected chi connectivity index (χ0v) is 17.0. The van der Waals surface area contributed by atoms with Gasteiger partial charge in [-0.3, -0.25) is 9.52 Å². The Labute approximate surface area is 163 Å². The second-order valence-corrected chi connectivity index (χ2v) is 9.36. The number of anilines is 1. The summed E-state index contributed by atoms with van der Waals surface area (Å²) in [5.74, 6) is 0.364. The molecule has 0 aliphatic heterocycles. The molecule has 8 heteroatoms. The van der Waals surface area contributed by atoms with Crippen molar-refractivity contribution >= 4 is 44.6 Å². The topological polar surface area (TPSA) is 66.5 Å². The fraction of sp³-hybridized carbons (Fsp3) is 0.389. The van der Waals surface area contributed by atoms with E-state index >= 15 is 0 Å². The highest BCUT2D eigenvalue weighted by molar-refractivity contribution is 7.92. The fourth-order valence-electron chi connectivity index (χ4n) is 2.73. The van der Waals surface area contributed by atoms with Crippen molar-refractivity contribution in [3.63, 3.8) is 0 Å². The highest BCUT2D eigenvalue weighted by Crippen LogP contribution is 2.31. The van der Waals surface area contributed by atoms with E-state index < -0.39 is 10.0 Å². The van der Waals surface area contributed by atoms with Gasteiger partial charge in [0, 0.05) is 29.9 Å². The van der Waals surface area contributed by atoms with Crippen LogP contribution in [0.2, 0.25) is 5.02 Å². The SMILES string of the molecule is Cc1c(Cl)cccc1S(=O)(=O)Nc1cscc1CCN(C)C(=O)C1CC1. The minimum Gasteiger partial charge on any atom is -0.345 e. The van der Waals surface area contributed by atoms with Gasteiger partial charge in [-0.2, -0.15) is 0 Å². The molecule has 3 rings (SSSR count). The third-order valence-corrected chi connectivity index (χ3v) is 7.23. The molecule has 2 aromatic rings. The van der Waals surface area contributed by atoms with Gasteiger partial charge in [0.15, 0.2) is 0 Å². The Bertz CT molecular complexity index is 920. The minimum absolute atomic E-state index is 0.170. The van der Waals surface area contributed by atoms with Crippen LogP contribution in [-0.4, -0.2) is 32.8 Å². The van der Waals surface area contributed by atoms with Crippen molar-refractivity contribution in [2.24, 2.45) is 5.92 Å². The molecule has 0 unspecified atom stereocenters. The van der Waals surface area contributed by atoms with E-state index in [1.165, 1.54) is 17.4 Å². The number of thiophene rings is 1. The first-order chi connectivity index (χ1) is 12.3. The average molecular weight is 413 g/mol. The lowest BCUT2D eigenvalue weighted by atomic mass is 10.2. The van der Waals surface area contributed by atoms with Gasteiger partial charge in [-0.05, 0) is 54.8 Å². The van der Waals surface area contributed by atoms with Crippen LogP contribution in [0.25, 0.3) is 0 Å². The average Bonchev–Trinajstić information content (AvgIpc) is 3.35. The third-order valence-electron chi connectivity index (χ3n) is 4.51. The first kappa shape index (κ1) is 19.2. The zero-order chi connectivity index (χ0) is 18.9. The highest BCUT2D eigenvalue weighted by Gasteiger charge is 2.31. The summed E-state index contributed by atoms with van der Waals surface area (Å²) in [7, 11) is -1.93. The first-order valence-corrected chi connectivity index (χ1v) is 11.2. The predicted molar refractivity (Wildman–Crippen MR) is 105 cm³/mol. The van der Waals surface area contributed by atoms with Crippen molar-refractivity contribution in [2.75, 3.05) is 18.3 Å². The van der Waals surface area contributed by atoms with Crippen LogP contribution < -0.4 is 4.72 Å². The van der Waals surface area contributed by atoms with E-state index in [0.717, 1.165) is 18.4 Å². The van der Waals surface area contributed by atoms with Crippen molar-refractivity contribution in [2.45, 2.75) is 31.1 Å². The molecule has 1 heterocycles. The number of hydrogen-bond donors (Lipinski definition) is 1. The number of carbonyl (C=O) groups is 1. The van der Waals surface area contributed by atoms with Crippen molar-refractivity contribution in [3.8, 4) is 0 Å². The summed E-state index contributed by atoms with van der Waals surface area (Å²) in [5.41, 5.74) is 1.96. The normalized spacial score (nSPS) is 14.3. The summed E-state index contributed by atoms with van der Waals surface area (Å²) in [6, 6.07) is 4.83. The molecule has 1 aliphatic carbocycles. The molecular weight excluding hydrogens is 392 g/mol. The smallest absolute Gasteiger partial charge is 0.262 e. The van der Waals surface area contributed by atoms with E-state index in [1.54, 1.807) is 36.4 Å². The number of amides is 1. The van der Waals surface area contributed by atoms with Gasteiger partial charge in [0.1, 0.15) is 0 Å². The Morgan fingerprint density at radius 1 is 1.35 bits per heavy atom. The monoisotopic (exact) mass is 412 g/mol. The number of sulfonamides is 1. The van der Waals surface area contributed by atoms with Crippen LogP contribution in [0.1, 0.15) is 24.0 Å².